The molecule has 0 aliphatic carbocycles. The van der Waals surface area contributed by atoms with E-state index >= 15 is 0 Å². The van der Waals surface area contributed by atoms with Crippen LogP contribution in [0.25, 0.3) is 0 Å². The van der Waals surface area contributed by atoms with E-state index in [2.05, 4.69) is 33.1 Å². The Kier molecular flexibility index (Phi) is 10.1. The number of hydrogen-bond donors (Lipinski definition) is 1. The van der Waals surface area contributed by atoms with Crippen LogP contribution in [0.3, 0.4) is 0 Å². The Labute approximate surface area is 255 Å². The van der Waals surface area contributed by atoms with Gasteiger partial charge in [-0.2, -0.15) is 0 Å². The van der Waals surface area contributed by atoms with E-state index in [-0.39, 0.29) is 35.3 Å². The molecule has 0 saturated carbocycles. The maximum absolute atomic E-state index is 13.7. The van der Waals surface area contributed by atoms with Gasteiger partial charge >= 0.3 is 12.1 Å². The van der Waals surface area contributed by atoms with Gasteiger partial charge in [0.1, 0.15) is 23.8 Å². The summed E-state index contributed by atoms with van der Waals surface area (Å²) < 4.78 is 26.3. The van der Waals surface area contributed by atoms with Crippen molar-refractivity contribution in [2.45, 2.75) is 71.2 Å². The molecule has 3 atom stereocenters. The Morgan fingerprint density at radius 1 is 1.17 bits per heavy atom. The number of ether oxygens (including phenoxy) is 2. The number of hydrogen-bond acceptors (Lipinski definition) is 5. The number of nitrogens with one attached hydrogen (secondary N) is 1. The van der Waals surface area contributed by atoms with E-state index < -0.39 is 11.4 Å². The highest BCUT2D eigenvalue weighted by atomic mass is 79.9. The fourth-order valence-corrected chi connectivity index (χ4v) is 5.88. The van der Waals surface area contributed by atoms with Crippen LogP contribution in [0.15, 0.2) is 40.9 Å². The fraction of sp³-hybridized carbons (Fsp3) is 0.533. The van der Waals surface area contributed by atoms with Crippen LogP contribution in [0.2, 0.25) is 5.02 Å². The van der Waals surface area contributed by atoms with Gasteiger partial charge < -0.3 is 24.6 Å². The zero-order valence-electron chi connectivity index (χ0n) is 24.3. The van der Waals surface area contributed by atoms with E-state index in [9.17, 15) is 14.0 Å². The van der Waals surface area contributed by atoms with Crippen molar-refractivity contribution >= 4 is 45.3 Å². The van der Waals surface area contributed by atoms with Crippen LogP contribution in [-0.2, 0) is 11.2 Å². The summed E-state index contributed by atoms with van der Waals surface area (Å²) in [6.07, 6.45) is 1.08. The molecule has 2 aromatic carbocycles. The summed E-state index contributed by atoms with van der Waals surface area (Å²) in [6, 6.07) is 9.69. The minimum absolute atomic E-state index is 0.00497. The molecule has 2 heterocycles. The Hall–Kier alpha value is -2.56. The van der Waals surface area contributed by atoms with Gasteiger partial charge in [0.25, 0.3) is 0 Å². The van der Waals surface area contributed by atoms with E-state index in [1.165, 1.54) is 18.2 Å². The summed E-state index contributed by atoms with van der Waals surface area (Å²) in [5.74, 6) is 0.278. The van der Waals surface area contributed by atoms with Crippen LogP contribution in [-0.4, -0.2) is 83.3 Å². The molecule has 1 N–H and O–H groups in total. The van der Waals surface area contributed by atoms with Gasteiger partial charge in [0.2, 0.25) is 0 Å². The molecule has 2 aliphatic rings. The van der Waals surface area contributed by atoms with Crippen molar-refractivity contribution in [2.75, 3.05) is 38.1 Å². The predicted molar refractivity (Wildman–Crippen MR) is 162 cm³/mol. The molecule has 1 fully saturated rings. The number of anilines is 1. The number of amides is 3. The van der Waals surface area contributed by atoms with Crippen molar-refractivity contribution in [3.63, 3.8) is 0 Å². The fourth-order valence-electron chi connectivity index (χ4n) is 5.30. The van der Waals surface area contributed by atoms with E-state index in [4.69, 9.17) is 21.1 Å². The lowest BCUT2D eigenvalue weighted by Gasteiger charge is -2.44. The molecule has 2 aromatic rings. The maximum atomic E-state index is 13.7. The second-order valence-electron chi connectivity index (χ2n) is 11.9. The minimum Gasteiger partial charge on any atom is -0.491 e. The molecule has 224 valence electrons. The van der Waals surface area contributed by atoms with Crippen molar-refractivity contribution in [1.82, 2.24) is 14.7 Å². The maximum Gasteiger partial charge on any atom is 0.410 e. The van der Waals surface area contributed by atoms with E-state index in [0.717, 1.165) is 28.8 Å². The highest BCUT2D eigenvalue weighted by molar-refractivity contribution is 9.10. The zero-order chi connectivity index (χ0) is 29.9. The molecule has 1 saturated heterocycles. The smallest absolute Gasteiger partial charge is 0.410 e. The number of urea groups is 1. The third-order valence-corrected chi connectivity index (χ3v) is 8.15. The summed E-state index contributed by atoms with van der Waals surface area (Å²) >= 11 is 9.48. The number of nitrogens with zero attached hydrogens (tertiary/aromatic N) is 3. The molecule has 3 amide bonds. The number of benzene rings is 2. The first-order valence-electron chi connectivity index (χ1n) is 14.0. The average molecular weight is 654 g/mol. The molecule has 8 nitrogen and oxygen atoms in total. The average Bonchev–Trinajstić information content (AvgIpc) is 2.88. The van der Waals surface area contributed by atoms with Gasteiger partial charge in [-0.3, -0.25) is 4.90 Å². The topological polar surface area (TPSA) is 74.4 Å². The van der Waals surface area contributed by atoms with Crippen molar-refractivity contribution in [2.24, 2.45) is 0 Å². The molecule has 41 heavy (non-hydrogen) atoms. The SMILES string of the molecule is C[C@@H]1CN(CCCN(C(=O)Nc2ccc(F)c(Cl)c2)C2COc3ccc(Br)cc3C2)[C@@H](C)CN1C(=O)OC(C)(C)C. The second kappa shape index (κ2) is 13.2. The number of halogens is 3. The minimum atomic E-state index is -0.542. The number of carbonyl (C=O) groups is 2. The number of carbonyl (C=O) groups excluding carboxylic acids is 2. The van der Waals surface area contributed by atoms with E-state index in [1.807, 2.05) is 45.9 Å². The molecular weight excluding hydrogens is 615 g/mol. The molecule has 0 radical (unpaired) electrons. The standard InChI is InChI=1S/C30H39BrClFN4O4/c1-19-17-37(29(39)41-30(3,4)5)20(2)16-35(19)11-6-12-36(28(38)34-23-8-9-26(33)25(32)15-23)24-14-21-13-22(31)7-10-27(21)40-18-24/h7-10,13,15,19-20,24H,6,11-12,14,16-18H2,1-5H3,(H,34,38)/t19-,20+,24?/m0/s1. The molecule has 4 rings (SSSR count). The lowest BCUT2D eigenvalue weighted by atomic mass is 10.0. The summed E-state index contributed by atoms with van der Waals surface area (Å²) in [5, 5.41) is 2.83. The van der Waals surface area contributed by atoms with Crippen LogP contribution in [0.5, 0.6) is 5.75 Å². The lowest BCUT2D eigenvalue weighted by molar-refractivity contribution is -0.0107. The van der Waals surface area contributed by atoms with Crippen LogP contribution < -0.4 is 10.1 Å². The number of fused-ring (bicyclic) bond motifs is 1. The summed E-state index contributed by atoms with van der Waals surface area (Å²) in [6.45, 7) is 12.7. The summed E-state index contributed by atoms with van der Waals surface area (Å²) in [5.41, 5.74) is 0.908. The van der Waals surface area contributed by atoms with Gasteiger partial charge in [0, 0.05) is 48.4 Å². The summed E-state index contributed by atoms with van der Waals surface area (Å²) in [4.78, 5) is 32.2. The lowest BCUT2D eigenvalue weighted by Crippen LogP contribution is -2.59. The molecular formula is C30H39BrClFN4O4. The molecule has 1 unspecified atom stereocenters. The number of rotatable bonds is 6. The van der Waals surface area contributed by atoms with Gasteiger partial charge in [-0.25, -0.2) is 14.0 Å². The third-order valence-electron chi connectivity index (χ3n) is 7.37. The Morgan fingerprint density at radius 2 is 1.93 bits per heavy atom. The largest absolute Gasteiger partial charge is 0.491 e. The molecule has 0 bridgehead atoms. The first-order chi connectivity index (χ1) is 19.3. The van der Waals surface area contributed by atoms with Crippen molar-refractivity contribution < 1.29 is 23.5 Å². The quantitative estimate of drug-likeness (QED) is 0.371. The first-order valence-corrected chi connectivity index (χ1v) is 15.2. The van der Waals surface area contributed by atoms with Gasteiger partial charge in [-0.15, -0.1) is 0 Å². The van der Waals surface area contributed by atoms with Crippen molar-refractivity contribution in [3.05, 3.63) is 57.3 Å². The third kappa shape index (κ3) is 8.26. The van der Waals surface area contributed by atoms with Crippen LogP contribution in [0, 0.1) is 5.82 Å². The van der Waals surface area contributed by atoms with Crippen molar-refractivity contribution in [1.29, 1.82) is 0 Å². The van der Waals surface area contributed by atoms with Crippen LogP contribution in [0.1, 0.15) is 46.6 Å². The van der Waals surface area contributed by atoms with Crippen LogP contribution in [0.4, 0.5) is 19.7 Å². The number of piperazine rings is 1. The molecule has 11 heteroatoms. The Morgan fingerprint density at radius 3 is 2.63 bits per heavy atom. The molecule has 0 aromatic heterocycles. The normalized spacial score (nSPS) is 21.1. The van der Waals surface area contributed by atoms with Gasteiger partial charge in [-0.1, -0.05) is 27.5 Å². The second-order valence-corrected chi connectivity index (χ2v) is 13.2. The molecule has 0 spiro atoms. The van der Waals surface area contributed by atoms with Gasteiger partial charge in [0.05, 0.1) is 11.1 Å². The predicted octanol–water partition coefficient (Wildman–Crippen LogP) is 6.80. The Bertz CT molecular complexity index is 1260. The zero-order valence-corrected chi connectivity index (χ0v) is 26.6. The van der Waals surface area contributed by atoms with Crippen molar-refractivity contribution in [3.8, 4) is 5.75 Å². The van der Waals surface area contributed by atoms with Crippen LogP contribution >= 0.6 is 27.5 Å². The van der Waals surface area contributed by atoms with E-state index in [1.54, 1.807) is 9.80 Å². The van der Waals surface area contributed by atoms with E-state index in [0.29, 0.717) is 38.3 Å². The first kappa shape index (κ1) is 31.4. The highest BCUT2D eigenvalue weighted by Gasteiger charge is 2.35. The highest BCUT2D eigenvalue weighted by Crippen LogP contribution is 2.30. The molecule has 2 aliphatic heterocycles. The monoisotopic (exact) mass is 652 g/mol. The summed E-state index contributed by atoms with van der Waals surface area (Å²) in [7, 11) is 0. The van der Waals surface area contributed by atoms with Gasteiger partial charge in [0.15, 0.2) is 0 Å². The Balaban J connectivity index is 1.42. The van der Waals surface area contributed by atoms with Gasteiger partial charge in [-0.05, 0) is 89.4 Å².